The first-order valence-corrected chi connectivity index (χ1v) is 11.4. The van der Waals surface area contributed by atoms with Crippen LogP contribution in [0.4, 0.5) is 4.79 Å². The van der Waals surface area contributed by atoms with Gasteiger partial charge in [-0.3, -0.25) is 9.59 Å². The molecule has 0 heterocycles. The van der Waals surface area contributed by atoms with Crippen LogP contribution in [0.2, 0.25) is 0 Å². The third-order valence-electron chi connectivity index (χ3n) is 4.97. The average Bonchev–Trinajstić information content (AvgIpc) is 2.72. The topological polar surface area (TPSA) is 128 Å². The maximum absolute atomic E-state index is 13.7. The number of nitrogens with one attached hydrogen (secondary N) is 2. The largest absolute Gasteiger partial charge is 0.508 e. The van der Waals surface area contributed by atoms with E-state index in [1.807, 2.05) is 0 Å². The van der Waals surface area contributed by atoms with Gasteiger partial charge >= 0.3 is 6.09 Å². The van der Waals surface area contributed by atoms with Crippen LogP contribution in [0.5, 0.6) is 11.5 Å². The molecule has 0 fully saturated rings. The van der Waals surface area contributed by atoms with Crippen LogP contribution >= 0.6 is 0 Å². The number of hydrogen-bond donors (Lipinski definition) is 4. The molecule has 0 aliphatic heterocycles. The molecule has 4 N–H and O–H groups in total. The standard InChI is InChI=1S/C26H35N3O6/c1-16(2)27-23(32)22(18-8-7-9-20(31)15-18)29(6)24(33)21(28-25(34)35-26(3,4)5)14-17-10-12-19(30)13-11-17/h7-13,15-16,21-22,30-31H,14H2,1-6H3,(H,27,32)(H,28,34). The number of carbonyl (C=O) groups is 3. The Labute approximate surface area is 206 Å². The van der Waals surface area contributed by atoms with Gasteiger partial charge in [0, 0.05) is 19.5 Å². The van der Waals surface area contributed by atoms with Crippen molar-refractivity contribution in [3.05, 3.63) is 59.7 Å². The van der Waals surface area contributed by atoms with Crippen LogP contribution in [0.15, 0.2) is 48.5 Å². The van der Waals surface area contributed by atoms with Crippen LogP contribution in [0, 0.1) is 0 Å². The average molecular weight is 486 g/mol. The lowest BCUT2D eigenvalue weighted by Crippen LogP contribution is -2.53. The maximum atomic E-state index is 13.7. The zero-order valence-corrected chi connectivity index (χ0v) is 21.0. The number of hydrogen-bond acceptors (Lipinski definition) is 6. The first-order chi connectivity index (χ1) is 16.3. The molecule has 0 aliphatic rings. The molecule has 2 unspecified atom stereocenters. The van der Waals surface area contributed by atoms with E-state index in [0.29, 0.717) is 11.1 Å². The quantitative estimate of drug-likeness (QED) is 0.454. The normalized spacial score (nSPS) is 13.0. The Kier molecular flexibility index (Phi) is 9.11. The van der Waals surface area contributed by atoms with E-state index in [1.165, 1.54) is 36.2 Å². The molecule has 2 aromatic carbocycles. The number of phenols is 2. The zero-order valence-electron chi connectivity index (χ0n) is 21.0. The lowest BCUT2D eigenvalue weighted by atomic mass is 10.0. The molecule has 0 saturated carbocycles. The summed E-state index contributed by atoms with van der Waals surface area (Å²) in [5.41, 5.74) is 0.328. The van der Waals surface area contributed by atoms with Gasteiger partial charge in [0.25, 0.3) is 0 Å². The fraction of sp³-hybridized carbons (Fsp3) is 0.423. The summed E-state index contributed by atoms with van der Waals surface area (Å²) in [6.07, 6.45) is -0.676. The van der Waals surface area contributed by atoms with Crippen molar-refractivity contribution in [2.24, 2.45) is 0 Å². The smallest absolute Gasteiger partial charge is 0.408 e. The van der Waals surface area contributed by atoms with E-state index in [0.717, 1.165) is 0 Å². The van der Waals surface area contributed by atoms with Crippen LogP contribution in [-0.4, -0.2) is 57.8 Å². The zero-order chi connectivity index (χ0) is 26.3. The molecule has 35 heavy (non-hydrogen) atoms. The van der Waals surface area contributed by atoms with Gasteiger partial charge in [0.15, 0.2) is 0 Å². The fourth-order valence-corrected chi connectivity index (χ4v) is 3.50. The Morgan fingerprint density at radius 2 is 1.60 bits per heavy atom. The minimum atomic E-state index is -1.06. The van der Waals surface area contributed by atoms with Crippen molar-refractivity contribution in [1.29, 1.82) is 0 Å². The van der Waals surface area contributed by atoms with E-state index in [-0.39, 0.29) is 24.0 Å². The number of ether oxygens (including phenoxy) is 1. The molecule has 0 aliphatic carbocycles. The number of benzene rings is 2. The van der Waals surface area contributed by atoms with Gasteiger partial charge in [-0.15, -0.1) is 0 Å². The van der Waals surface area contributed by atoms with Gasteiger partial charge in [-0.05, 0) is 70.0 Å². The first-order valence-electron chi connectivity index (χ1n) is 11.4. The van der Waals surface area contributed by atoms with E-state index in [1.54, 1.807) is 58.9 Å². The molecule has 3 amide bonds. The van der Waals surface area contributed by atoms with Gasteiger partial charge in [-0.2, -0.15) is 0 Å². The molecule has 190 valence electrons. The Morgan fingerprint density at radius 1 is 0.971 bits per heavy atom. The third-order valence-corrected chi connectivity index (χ3v) is 4.97. The second-order valence-corrected chi connectivity index (χ2v) is 9.68. The molecule has 9 nitrogen and oxygen atoms in total. The highest BCUT2D eigenvalue weighted by molar-refractivity contribution is 5.92. The molecule has 2 aromatic rings. The van der Waals surface area contributed by atoms with Crippen molar-refractivity contribution in [3.8, 4) is 11.5 Å². The number of amides is 3. The predicted molar refractivity (Wildman–Crippen MR) is 132 cm³/mol. The summed E-state index contributed by atoms with van der Waals surface area (Å²) in [7, 11) is 1.47. The number of likely N-dealkylation sites (N-methyl/N-ethyl adjacent to an activating group) is 1. The highest BCUT2D eigenvalue weighted by Crippen LogP contribution is 2.25. The molecule has 0 radical (unpaired) electrons. The van der Waals surface area contributed by atoms with Gasteiger partial charge in [-0.25, -0.2) is 4.79 Å². The van der Waals surface area contributed by atoms with Crippen molar-refractivity contribution in [2.45, 2.75) is 64.8 Å². The molecule has 2 rings (SSSR count). The Balaban J connectivity index is 2.40. The van der Waals surface area contributed by atoms with Crippen molar-refractivity contribution < 1.29 is 29.3 Å². The van der Waals surface area contributed by atoms with E-state index >= 15 is 0 Å². The SMILES string of the molecule is CC(C)NC(=O)C(c1cccc(O)c1)N(C)C(=O)C(Cc1ccc(O)cc1)NC(=O)OC(C)(C)C. The van der Waals surface area contributed by atoms with Gasteiger partial charge in [0.05, 0.1) is 0 Å². The van der Waals surface area contributed by atoms with Crippen molar-refractivity contribution in [2.75, 3.05) is 7.05 Å². The van der Waals surface area contributed by atoms with E-state index in [2.05, 4.69) is 10.6 Å². The van der Waals surface area contributed by atoms with E-state index in [9.17, 15) is 24.6 Å². The number of alkyl carbamates (subject to hydrolysis) is 1. The lowest BCUT2D eigenvalue weighted by Gasteiger charge is -2.32. The highest BCUT2D eigenvalue weighted by Gasteiger charge is 2.34. The summed E-state index contributed by atoms with van der Waals surface area (Å²) in [4.78, 5) is 40.6. The van der Waals surface area contributed by atoms with Gasteiger partial charge in [-0.1, -0.05) is 24.3 Å². The monoisotopic (exact) mass is 485 g/mol. The number of aromatic hydroxyl groups is 2. The van der Waals surface area contributed by atoms with Crippen LogP contribution in [0.3, 0.4) is 0 Å². The molecule has 0 spiro atoms. The van der Waals surface area contributed by atoms with Crippen molar-refractivity contribution in [1.82, 2.24) is 15.5 Å². The fourth-order valence-electron chi connectivity index (χ4n) is 3.50. The highest BCUT2D eigenvalue weighted by atomic mass is 16.6. The summed E-state index contributed by atoms with van der Waals surface area (Å²) < 4.78 is 5.34. The predicted octanol–water partition coefficient (Wildman–Crippen LogP) is 3.26. The number of nitrogens with zero attached hydrogens (tertiary/aromatic N) is 1. The van der Waals surface area contributed by atoms with Crippen LogP contribution in [0.25, 0.3) is 0 Å². The van der Waals surface area contributed by atoms with Crippen LogP contribution in [-0.2, 0) is 20.7 Å². The second-order valence-electron chi connectivity index (χ2n) is 9.68. The summed E-state index contributed by atoms with van der Waals surface area (Å²) in [5, 5.41) is 25.0. The van der Waals surface area contributed by atoms with Gasteiger partial charge < -0.3 is 30.5 Å². The third kappa shape index (κ3) is 8.51. The minimum Gasteiger partial charge on any atom is -0.508 e. The summed E-state index contributed by atoms with van der Waals surface area (Å²) in [6.45, 7) is 8.74. The molecular weight excluding hydrogens is 450 g/mol. The molecule has 2 atom stereocenters. The Morgan fingerprint density at radius 3 is 2.14 bits per heavy atom. The second kappa shape index (κ2) is 11.6. The molecular formula is C26H35N3O6. The molecule has 0 bridgehead atoms. The van der Waals surface area contributed by atoms with Crippen LogP contribution in [0.1, 0.15) is 51.8 Å². The number of rotatable bonds is 8. The summed E-state index contributed by atoms with van der Waals surface area (Å²) in [5.74, 6) is -0.931. The van der Waals surface area contributed by atoms with Crippen LogP contribution < -0.4 is 10.6 Å². The van der Waals surface area contributed by atoms with Gasteiger partial charge in [0.2, 0.25) is 11.8 Å². The maximum Gasteiger partial charge on any atom is 0.408 e. The van der Waals surface area contributed by atoms with Crippen molar-refractivity contribution >= 4 is 17.9 Å². The lowest BCUT2D eigenvalue weighted by molar-refractivity contribution is -0.141. The first kappa shape index (κ1) is 27.5. The molecule has 0 saturated heterocycles. The molecule has 0 aromatic heterocycles. The van der Waals surface area contributed by atoms with Crippen molar-refractivity contribution in [3.63, 3.8) is 0 Å². The Hall–Kier alpha value is -3.75. The van der Waals surface area contributed by atoms with E-state index in [4.69, 9.17) is 4.74 Å². The number of carbonyl (C=O) groups excluding carboxylic acids is 3. The summed E-state index contributed by atoms with van der Waals surface area (Å²) >= 11 is 0. The van der Waals surface area contributed by atoms with Gasteiger partial charge in [0.1, 0.15) is 29.2 Å². The number of phenolic OH excluding ortho intramolecular Hbond substituents is 2. The molecule has 9 heteroatoms. The summed E-state index contributed by atoms with van der Waals surface area (Å²) in [6, 6.07) is 10.1. The minimum absolute atomic E-state index is 0.0433. The Bertz CT molecular complexity index is 1030. The van der Waals surface area contributed by atoms with E-state index < -0.39 is 35.6 Å².